The Morgan fingerprint density at radius 3 is 2.81 bits per heavy atom. The second-order valence-corrected chi connectivity index (χ2v) is 6.19. The van der Waals surface area contributed by atoms with Crippen molar-refractivity contribution < 1.29 is 4.42 Å². The summed E-state index contributed by atoms with van der Waals surface area (Å²) in [6.07, 6.45) is 0. The molecule has 0 bridgehead atoms. The average molecular weight is 394 g/mol. The minimum atomic E-state index is -0.360. The summed E-state index contributed by atoms with van der Waals surface area (Å²) in [5, 5.41) is 0. The van der Waals surface area contributed by atoms with Gasteiger partial charge in [0.15, 0.2) is 5.58 Å². The molecule has 1 atom stereocenters. The van der Waals surface area contributed by atoms with Crippen molar-refractivity contribution in [3.8, 4) is 0 Å². The minimum Gasteiger partial charge on any atom is -0.408 e. The van der Waals surface area contributed by atoms with Crippen molar-refractivity contribution in [3.05, 3.63) is 67.2 Å². The molecule has 0 fully saturated rings. The van der Waals surface area contributed by atoms with Crippen LogP contribution in [0.1, 0.15) is 22.7 Å². The van der Waals surface area contributed by atoms with Gasteiger partial charge in [-0.25, -0.2) is 4.79 Å². The summed E-state index contributed by atoms with van der Waals surface area (Å²) in [6, 6.07) is 11.5. The summed E-state index contributed by atoms with van der Waals surface area (Å²) >= 11 is 2.32. The van der Waals surface area contributed by atoms with E-state index in [0.717, 1.165) is 20.2 Å². The fourth-order valence-electron chi connectivity index (χ4n) is 2.43. The van der Waals surface area contributed by atoms with Gasteiger partial charge in [-0.2, -0.15) is 0 Å². The number of rotatable bonds is 2. The van der Waals surface area contributed by atoms with Crippen LogP contribution in [0.25, 0.3) is 11.1 Å². The molecule has 4 nitrogen and oxygen atoms in total. The molecule has 1 heterocycles. The topological polar surface area (TPSA) is 61.2 Å². The zero-order chi connectivity index (χ0) is 15.1. The first-order valence-electron chi connectivity index (χ1n) is 6.59. The number of hydrogen-bond acceptors (Lipinski definition) is 3. The highest BCUT2D eigenvalue weighted by molar-refractivity contribution is 14.1. The summed E-state index contributed by atoms with van der Waals surface area (Å²) in [5.41, 5.74) is 10.9. The number of benzene rings is 2. The summed E-state index contributed by atoms with van der Waals surface area (Å²) < 4.78 is 7.88. The lowest BCUT2D eigenvalue weighted by atomic mass is 9.98. The van der Waals surface area contributed by atoms with E-state index < -0.39 is 0 Å². The number of nitrogens with two attached hydrogens (primary N) is 1. The lowest BCUT2D eigenvalue weighted by molar-refractivity contribution is 0.527. The van der Waals surface area contributed by atoms with Crippen molar-refractivity contribution in [3.63, 3.8) is 0 Å². The third kappa shape index (κ3) is 2.40. The lowest BCUT2D eigenvalue weighted by Gasteiger charge is -2.15. The molecule has 0 aliphatic carbocycles. The molecule has 5 heteroatoms. The van der Waals surface area contributed by atoms with E-state index in [4.69, 9.17) is 10.2 Å². The standard InChI is InChI=1S/C16H15IN2O2/c1-9-4-3-5-11(14(9)17)15(18)10-6-7-12-13(8-10)21-16(20)19(12)2/h3-8,15H,18H2,1-2H3. The predicted octanol–water partition coefficient (Wildman–Crippen LogP) is 3.09. The molecule has 3 rings (SSSR count). The van der Waals surface area contributed by atoms with Gasteiger partial charge in [-0.3, -0.25) is 4.57 Å². The van der Waals surface area contributed by atoms with Gasteiger partial charge in [-0.1, -0.05) is 24.3 Å². The molecule has 21 heavy (non-hydrogen) atoms. The summed E-state index contributed by atoms with van der Waals surface area (Å²) in [4.78, 5) is 11.6. The maximum atomic E-state index is 11.6. The highest BCUT2D eigenvalue weighted by Crippen LogP contribution is 2.28. The number of oxazole rings is 1. The summed E-state index contributed by atoms with van der Waals surface area (Å²) in [7, 11) is 1.69. The highest BCUT2D eigenvalue weighted by atomic mass is 127. The Balaban J connectivity index is 2.11. The molecule has 1 aromatic heterocycles. The van der Waals surface area contributed by atoms with Gasteiger partial charge < -0.3 is 10.2 Å². The van der Waals surface area contributed by atoms with E-state index in [9.17, 15) is 4.79 Å². The summed E-state index contributed by atoms with van der Waals surface area (Å²) in [5.74, 6) is -0.360. The van der Waals surface area contributed by atoms with Crippen molar-refractivity contribution in [2.24, 2.45) is 12.8 Å². The minimum absolute atomic E-state index is 0.244. The highest BCUT2D eigenvalue weighted by Gasteiger charge is 2.15. The first-order chi connectivity index (χ1) is 9.99. The van der Waals surface area contributed by atoms with Gasteiger partial charge in [-0.15, -0.1) is 0 Å². The molecular weight excluding hydrogens is 379 g/mol. The van der Waals surface area contributed by atoms with Crippen molar-refractivity contribution in [1.82, 2.24) is 4.57 Å². The predicted molar refractivity (Wildman–Crippen MR) is 91.4 cm³/mol. The first-order valence-corrected chi connectivity index (χ1v) is 7.67. The molecule has 2 N–H and O–H groups in total. The van der Waals surface area contributed by atoms with E-state index in [2.05, 4.69) is 35.6 Å². The number of halogens is 1. The number of aryl methyl sites for hydroxylation is 2. The smallest absolute Gasteiger partial charge is 0.408 e. The molecule has 3 aromatic rings. The quantitative estimate of drug-likeness (QED) is 0.680. The van der Waals surface area contributed by atoms with Crippen molar-refractivity contribution >= 4 is 33.7 Å². The van der Waals surface area contributed by atoms with Crippen LogP contribution >= 0.6 is 22.6 Å². The van der Waals surface area contributed by atoms with Crippen LogP contribution in [0.15, 0.2) is 45.6 Å². The third-order valence-electron chi connectivity index (χ3n) is 3.73. The maximum Gasteiger partial charge on any atom is 0.419 e. The normalized spacial score (nSPS) is 12.8. The van der Waals surface area contributed by atoms with Gasteiger partial charge in [0.25, 0.3) is 0 Å². The van der Waals surface area contributed by atoms with Crippen molar-refractivity contribution in [1.29, 1.82) is 0 Å². The Labute approximate surface area is 135 Å². The molecule has 108 valence electrons. The molecule has 0 aliphatic rings. The van der Waals surface area contributed by atoms with E-state index in [-0.39, 0.29) is 11.8 Å². The lowest BCUT2D eigenvalue weighted by Crippen LogP contribution is -2.13. The van der Waals surface area contributed by atoms with Crippen LogP contribution in [-0.2, 0) is 7.05 Å². The second-order valence-electron chi connectivity index (χ2n) is 5.11. The van der Waals surface area contributed by atoms with E-state index in [0.29, 0.717) is 5.58 Å². The van der Waals surface area contributed by atoms with Crippen molar-refractivity contribution in [2.45, 2.75) is 13.0 Å². The van der Waals surface area contributed by atoms with Gasteiger partial charge in [0.05, 0.1) is 11.6 Å². The van der Waals surface area contributed by atoms with Crippen molar-refractivity contribution in [2.75, 3.05) is 0 Å². The monoisotopic (exact) mass is 394 g/mol. The Morgan fingerprint density at radius 1 is 1.29 bits per heavy atom. The summed E-state index contributed by atoms with van der Waals surface area (Å²) in [6.45, 7) is 2.07. The Kier molecular flexibility index (Phi) is 3.62. The first kappa shape index (κ1) is 14.3. The molecule has 0 aliphatic heterocycles. The Morgan fingerprint density at radius 2 is 2.05 bits per heavy atom. The van der Waals surface area contributed by atoms with E-state index in [1.165, 1.54) is 10.1 Å². The number of fused-ring (bicyclic) bond motifs is 1. The van der Waals surface area contributed by atoms with Crippen LogP contribution in [0.3, 0.4) is 0 Å². The molecule has 0 amide bonds. The van der Waals surface area contributed by atoms with E-state index in [1.54, 1.807) is 7.05 Å². The van der Waals surface area contributed by atoms with Crippen LogP contribution in [0.2, 0.25) is 0 Å². The average Bonchev–Trinajstić information content (AvgIpc) is 2.76. The Hall–Kier alpha value is -1.60. The van der Waals surface area contributed by atoms with Gasteiger partial charge >= 0.3 is 5.76 Å². The zero-order valence-corrected chi connectivity index (χ0v) is 13.9. The van der Waals surface area contributed by atoms with Gasteiger partial charge in [0.2, 0.25) is 0 Å². The fraction of sp³-hybridized carbons (Fsp3) is 0.188. The molecule has 0 radical (unpaired) electrons. The molecule has 0 saturated carbocycles. The molecule has 0 spiro atoms. The molecule has 1 unspecified atom stereocenters. The van der Waals surface area contributed by atoms with Crippen LogP contribution in [-0.4, -0.2) is 4.57 Å². The van der Waals surface area contributed by atoms with Crippen LogP contribution < -0.4 is 11.5 Å². The third-order valence-corrected chi connectivity index (χ3v) is 5.21. The largest absolute Gasteiger partial charge is 0.419 e. The number of hydrogen-bond donors (Lipinski definition) is 1. The van der Waals surface area contributed by atoms with Gasteiger partial charge in [0.1, 0.15) is 0 Å². The van der Waals surface area contributed by atoms with Crippen LogP contribution in [0.5, 0.6) is 0 Å². The zero-order valence-electron chi connectivity index (χ0n) is 11.8. The molecular formula is C16H15IN2O2. The molecule has 0 saturated heterocycles. The van der Waals surface area contributed by atoms with E-state index >= 15 is 0 Å². The van der Waals surface area contributed by atoms with Gasteiger partial charge in [-0.05, 0) is 58.3 Å². The van der Waals surface area contributed by atoms with E-state index in [1.807, 2.05) is 30.3 Å². The second kappa shape index (κ2) is 5.31. The van der Waals surface area contributed by atoms with Crippen LogP contribution in [0.4, 0.5) is 0 Å². The SMILES string of the molecule is Cc1cccc(C(N)c2ccc3c(c2)oc(=O)n3C)c1I. The number of nitrogens with zero attached hydrogens (tertiary/aromatic N) is 1. The van der Waals surface area contributed by atoms with Gasteiger partial charge in [0, 0.05) is 10.6 Å². The Bertz CT molecular complexity index is 880. The number of aromatic nitrogens is 1. The van der Waals surface area contributed by atoms with Crippen LogP contribution in [0, 0.1) is 10.5 Å². The maximum absolute atomic E-state index is 11.6. The fourth-order valence-corrected chi connectivity index (χ4v) is 3.13. The molecule has 2 aromatic carbocycles.